The number of alkyl halides is 3. The zero-order valence-electron chi connectivity index (χ0n) is 19.3. The van der Waals surface area contributed by atoms with E-state index in [4.69, 9.17) is 9.47 Å². The second-order valence-corrected chi connectivity index (χ2v) is 9.09. The number of esters is 1. The Kier molecular flexibility index (Phi) is 6.39. The summed E-state index contributed by atoms with van der Waals surface area (Å²) in [5.41, 5.74) is 0.801. The molecule has 1 N–H and O–H groups in total. The minimum absolute atomic E-state index is 0.0267. The minimum atomic E-state index is -4.40. The van der Waals surface area contributed by atoms with Gasteiger partial charge >= 0.3 is 12.1 Å². The van der Waals surface area contributed by atoms with Crippen LogP contribution in [0.5, 0.6) is 0 Å². The van der Waals surface area contributed by atoms with Crippen LogP contribution in [0.2, 0.25) is 0 Å². The van der Waals surface area contributed by atoms with Crippen LogP contribution in [0.25, 0.3) is 22.4 Å². The highest BCUT2D eigenvalue weighted by atomic mass is 19.4. The van der Waals surface area contributed by atoms with Crippen LogP contribution in [0.1, 0.15) is 38.2 Å². The molecule has 7 nitrogen and oxygen atoms in total. The van der Waals surface area contributed by atoms with Crippen molar-refractivity contribution in [3.8, 4) is 11.4 Å². The summed E-state index contributed by atoms with van der Waals surface area (Å²) in [6.45, 7) is 3.86. The molecule has 0 spiro atoms. The highest BCUT2D eigenvalue weighted by Crippen LogP contribution is 2.34. The van der Waals surface area contributed by atoms with E-state index in [0.29, 0.717) is 29.0 Å². The molecule has 35 heavy (non-hydrogen) atoms. The number of fused-ring (bicyclic) bond motifs is 1. The van der Waals surface area contributed by atoms with Gasteiger partial charge in [-0.2, -0.15) is 13.2 Å². The molecule has 1 saturated heterocycles. The molecular weight excluding hydrogens is 461 g/mol. The number of imidazole rings is 1. The predicted octanol–water partition coefficient (Wildman–Crippen LogP) is 4.97. The largest absolute Gasteiger partial charge is 0.466 e. The van der Waals surface area contributed by atoms with Crippen LogP contribution < -0.4 is 4.90 Å². The first kappa shape index (κ1) is 23.6. The Balaban J connectivity index is 1.15. The lowest BCUT2D eigenvalue weighted by Gasteiger charge is -2.39. The van der Waals surface area contributed by atoms with Crippen molar-refractivity contribution in [3.05, 3.63) is 42.1 Å². The number of ether oxygens (including phenoxy) is 2. The van der Waals surface area contributed by atoms with Gasteiger partial charge in [-0.15, -0.1) is 0 Å². The minimum Gasteiger partial charge on any atom is -0.466 e. The zero-order chi connectivity index (χ0) is 24.6. The Morgan fingerprint density at radius 3 is 2.57 bits per heavy atom. The molecule has 1 aromatic carbocycles. The summed E-state index contributed by atoms with van der Waals surface area (Å²) in [6.07, 6.45) is 0.839. The van der Waals surface area contributed by atoms with Crippen molar-refractivity contribution in [2.45, 2.75) is 51.0 Å². The first-order valence-electron chi connectivity index (χ1n) is 11.9. The molecule has 1 saturated carbocycles. The normalized spacial score (nSPS) is 21.2. The van der Waals surface area contributed by atoms with Gasteiger partial charge in [0.05, 0.1) is 41.3 Å². The van der Waals surface area contributed by atoms with Gasteiger partial charge in [-0.1, -0.05) is 0 Å². The Morgan fingerprint density at radius 1 is 1.14 bits per heavy atom. The number of piperidine rings is 1. The third-order valence-corrected chi connectivity index (χ3v) is 6.70. The van der Waals surface area contributed by atoms with Gasteiger partial charge in [0.15, 0.2) is 0 Å². The van der Waals surface area contributed by atoms with E-state index in [0.717, 1.165) is 56.7 Å². The number of benzene rings is 1. The van der Waals surface area contributed by atoms with E-state index in [1.165, 1.54) is 6.07 Å². The van der Waals surface area contributed by atoms with Gasteiger partial charge in [0.2, 0.25) is 0 Å². The molecule has 0 radical (unpaired) electrons. The maximum absolute atomic E-state index is 13.0. The molecule has 3 aromatic rings. The van der Waals surface area contributed by atoms with Crippen LogP contribution in [0.15, 0.2) is 36.5 Å². The Hall–Kier alpha value is -3.14. The number of nitrogens with zero attached hydrogens (tertiary/aromatic N) is 3. The number of pyridine rings is 1. The SMILES string of the molecule is CCOC(=O)[C@H]1C[C@@H](OC2CCN(c3ccc(-c4nc5ccc(C(F)(F)F)cc5[nH]4)cn3)CC2)C1. The van der Waals surface area contributed by atoms with Crippen LogP contribution in [0, 0.1) is 5.92 Å². The number of carbonyl (C=O) groups is 1. The van der Waals surface area contributed by atoms with Crippen LogP contribution in [-0.2, 0) is 20.4 Å². The maximum Gasteiger partial charge on any atom is 0.416 e. The smallest absolute Gasteiger partial charge is 0.416 e. The van der Waals surface area contributed by atoms with Gasteiger partial charge in [0, 0.05) is 24.8 Å². The molecule has 5 rings (SSSR count). The highest BCUT2D eigenvalue weighted by molar-refractivity contribution is 5.80. The second-order valence-electron chi connectivity index (χ2n) is 9.09. The number of aromatic amines is 1. The summed E-state index contributed by atoms with van der Waals surface area (Å²) in [6, 6.07) is 7.25. The van der Waals surface area contributed by atoms with Crippen LogP contribution >= 0.6 is 0 Å². The summed E-state index contributed by atoms with van der Waals surface area (Å²) in [5, 5.41) is 0. The fourth-order valence-corrected chi connectivity index (χ4v) is 4.66. The van der Waals surface area contributed by atoms with Gasteiger partial charge in [-0.25, -0.2) is 9.97 Å². The van der Waals surface area contributed by atoms with Crippen molar-refractivity contribution in [3.63, 3.8) is 0 Å². The van der Waals surface area contributed by atoms with E-state index in [9.17, 15) is 18.0 Å². The van der Waals surface area contributed by atoms with E-state index in [1.54, 1.807) is 6.20 Å². The molecule has 1 aliphatic carbocycles. The third-order valence-electron chi connectivity index (χ3n) is 6.70. The second kappa shape index (κ2) is 9.49. The molecule has 2 aromatic heterocycles. The molecule has 0 amide bonds. The third kappa shape index (κ3) is 5.12. The molecule has 1 aliphatic heterocycles. The van der Waals surface area contributed by atoms with E-state index in [1.807, 2.05) is 19.1 Å². The maximum atomic E-state index is 13.0. The van der Waals surface area contributed by atoms with E-state index in [2.05, 4.69) is 19.9 Å². The lowest BCUT2D eigenvalue weighted by molar-refractivity contribution is -0.160. The fourth-order valence-electron chi connectivity index (χ4n) is 4.66. The number of nitrogens with one attached hydrogen (secondary N) is 1. The first-order valence-corrected chi connectivity index (χ1v) is 11.9. The molecule has 0 atom stereocenters. The van der Waals surface area contributed by atoms with Crippen LogP contribution in [-0.4, -0.2) is 52.8 Å². The summed E-state index contributed by atoms with van der Waals surface area (Å²) in [5.74, 6) is 1.17. The average Bonchev–Trinajstić information content (AvgIpc) is 3.25. The first-order chi connectivity index (χ1) is 16.8. The monoisotopic (exact) mass is 488 g/mol. The van der Waals surface area contributed by atoms with Crippen molar-refractivity contribution in [2.75, 3.05) is 24.6 Å². The Labute approximate surface area is 200 Å². The molecular formula is C25H27F3N4O3. The average molecular weight is 489 g/mol. The number of halogens is 3. The topological polar surface area (TPSA) is 80.3 Å². The van der Waals surface area contributed by atoms with Crippen molar-refractivity contribution >= 4 is 22.8 Å². The molecule has 0 unspecified atom stereocenters. The van der Waals surface area contributed by atoms with E-state index in [-0.39, 0.29) is 24.1 Å². The number of anilines is 1. The summed E-state index contributed by atoms with van der Waals surface area (Å²) < 4.78 is 50.1. The number of aromatic nitrogens is 3. The number of carbonyl (C=O) groups excluding carboxylic acids is 1. The van der Waals surface area contributed by atoms with Crippen molar-refractivity contribution in [2.24, 2.45) is 5.92 Å². The summed E-state index contributed by atoms with van der Waals surface area (Å²) in [4.78, 5) is 25.9. The summed E-state index contributed by atoms with van der Waals surface area (Å²) in [7, 11) is 0. The van der Waals surface area contributed by atoms with Gasteiger partial charge in [-0.3, -0.25) is 4.79 Å². The van der Waals surface area contributed by atoms with Gasteiger partial charge < -0.3 is 19.4 Å². The standard InChI is InChI=1S/C25H27F3N4O3/c1-2-34-24(33)16-11-19(12-16)35-18-7-9-32(10-8-18)22-6-3-15(14-29-22)23-30-20-5-4-17(25(26,27)28)13-21(20)31-23/h3-6,13-14,16,18-19H,2,7-12H2,1H3,(H,30,31)/t16-,19+. The Morgan fingerprint density at radius 2 is 1.91 bits per heavy atom. The fraction of sp³-hybridized carbons (Fsp3) is 0.480. The van der Waals surface area contributed by atoms with Crippen molar-refractivity contribution in [1.29, 1.82) is 0 Å². The van der Waals surface area contributed by atoms with Crippen molar-refractivity contribution in [1.82, 2.24) is 15.0 Å². The highest BCUT2D eigenvalue weighted by Gasteiger charge is 2.38. The number of hydrogen-bond donors (Lipinski definition) is 1. The molecule has 10 heteroatoms. The molecule has 0 bridgehead atoms. The lowest BCUT2D eigenvalue weighted by atomic mass is 9.82. The number of rotatable bonds is 6. The van der Waals surface area contributed by atoms with Gasteiger partial charge in [0.25, 0.3) is 0 Å². The number of H-pyrrole nitrogens is 1. The quantitative estimate of drug-likeness (QED) is 0.494. The molecule has 2 fully saturated rings. The van der Waals surface area contributed by atoms with Gasteiger partial charge in [-0.05, 0) is 62.9 Å². The number of hydrogen-bond acceptors (Lipinski definition) is 6. The van der Waals surface area contributed by atoms with Crippen LogP contribution in [0.4, 0.5) is 19.0 Å². The molecule has 2 aliphatic rings. The van der Waals surface area contributed by atoms with Gasteiger partial charge in [0.1, 0.15) is 11.6 Å². The zero-order valence-corrected chi connectivity index (χ0v) is 19.3. The summed E-state index contributed by atoms with van der Waals surface area (Å²) >= 11 is 0. The molecule has 3 heterocycles. The predicted molar refractivity (Wildman–Crippen MR) is 124 cm³/mol. The Bertz CT molecular complexity index is 1180. The molecule has 186 valence electrons. The van der Waals surface area contributed by atoms with Crippen LogP contribution in [0.3, 0.4) is 0 Å². The lowest BCUT2D eigenvalue weighted by Crippen LogP contribution is -2.43. The van der Waals surface area contributed by atoms with E-state index >= 15 is 0 Å². The van der Waals surface area contributed by atoms with E-state index < -0.39 is 11.7 Å². The van der Waals surface area contributed by atoms with Crippen molar-refractivity contribution < 1.29 is 27.4 Å².